The zero-order chi connectivity index (χ0) is 33.1. The zero-order valence-corrected chi connectivity index (χ0v) is 25.9. The van der Waals surface area contributed by atoms with Gasteiger partial charge in [0.15, 0.2) is 17.6 Å². The highest BCUT2D eigenvalue weighted by Gasteiger charge is 2.60. The van der Waals surface area contributed by atoms with Gasteiger partial charge in [-0.15, -0.1) is 0 Å². The largest absolute Gasteiger partial charge is 0.462 e. The number of halogens is 2. The highest BCUT2D eigenvalue weighted by molar-refractivity contribution is 7.52. The van der Waals surface area contributed by atoms with E-state index in [4.69, 9.17) is 28.0 Å². The third-order valence-corrected chi connectivity index (χ3v) is 8.45. The molecule has 3 heterocycles. The van der Waals surface area contributed by atoms with Crippen LogP contribution in [0.25, 0.3) is 0 Å². The van der Waals surface area contributed by atoms with Crippen molar-refractivity contribution < 1.29 is 51.2 Å². The van der Waals surface area contributed by atoms with Crippen molar-refractivity contribution in [2.45, 2.75) is 63.8 Å². The molecule has 0 amide bonds. The lowest BCUT2D eigenvalue weighted by Gasteiger charge is -2.25. The van der Waals surface area contributed by atoms with Gasteiger partial charge in [-0.1, -0.05) is 24.3 Å². The van der Waals surface area contributed by atoms with E-state index in [1.54, 1.807) is 50.2 Å². The molecule has 5 atom stereocenters. The minimum absolute atomic E-state index is 0.0868. The summed E-state index contributed by atoms with van der Waals surface area (Å²) in [5, 5.41) is 15.8. The van der Waals surface area contributed by atoms with E-state index in [1.807, 2.05) is 0 Å². The number of hydrogen-bond acceptors (Lipinski definition) is 12. The molecule has 0 bridgehead atoms. The number of alkyl halides is 2. The van der Waals surface area contributed by atoms with Crippen molar-refractivity contribution in [3.05, 3.63) is 76.8 Å². The number of hydrogen-bond donors (Lipinski definition) is 3. The molecular formula is C29H33F2N4O10P. The Kier molecular flexibility index (Phi) is 9.93. The minimum atomic E-state index is -4.45. The summed E-state index contributed by atoms with van der Waals surface area (Å²) >= 11 is 0. The van der Waals surface area contributed by atoms with E-state index >= 15 is 8.78 Å². The second kappa shape index (κ2) is 13.7. The van der Waals surface area contributed by atoms with Gasteiger partial charge in [-0.05, 0) is 56.7 Å². The molecule has 14 nitrogen and oxygen atoms in total. The summed E-state index contributed by atoms with van der Waals surface area (Å²) in [5.74, 6) is -3.37. The molecule has 1 aromatic heterocycles. The number of esters is 1. The molecule has 0 radical (unpaired) electrons. The Morgan fingerprint density at radius 3 is 2.61 bits per heavy atom. The molecular weight excluding hydrogens is 633 g/mol. The summed E-state index contributed by atoms with van der Waals surface area (Å²) < 4.78 is 76.8. The van der Waals surface area contributed by atoms with Crippen LogP contribution < -0.4 is 30.1 Å². The van der Waals surface area contributed by atoms with Crippen molar-refractivity contribution in [1.82, 2.24) is 14.6 Å². The third-order valence-electron chi connectivity index (χ3n) is 6.81. The molecule has 1 fully saturated rings. The van der Waals surface area contributed by atoms with Gasteiger partial charge in [-0.2, -0.15) is 18.9 Å². The molecule has 3 aromatic rings. The van der Waals surface area contributed by atoms with Gasteiger partial charge in [0.25, 0.3) is 0 Å². The average Bonchev–Trinajstić information content (AvgIpc) is 3.56. The predicted molar refractivity (Wildman–Crippen MR) is 158 cm³/mol. The molecule has 0 spiro atoms. The molecule has 2 aliphatic heterocycles. The predicted octanol–water partition coefficient (Wildman–Crippen LogP) is 3.61. The fourth-order valence-corrected chi connectivity index (χ4v) is 6.05. The first kappa shape index (κ1) is 33.3. The Bertz CT molecular complexity index is 1640. The molecule has 3 N–H and O–H groups in total. The molecule has 0 saturated carbocycles. The third kappa shape index (κ3) is 7.65. The number of aromatic nitrogens is 2. The van der Waals surface area contributed by atoms with Crippen LogP contribution in [-0.4, -0.2) is 64.3 Å². The van der Waals surface area contributed by atoms with E-state index in [0.717, 1.165) is 11.8 Å². The summed E-state index contributed by atoms with van der Waals surface area (Å²) in [7, 11) is -4.45. The highest BCUT2D eigenvalue weighted by Crippen LogP contribution is 2.48. The number of aliphatic hydroxyl groups is 1. The maximum atomic E-state index is 15.3. The first-order valence-corrected chi connectivity index (χ1v) is 15.8. The van der Waals surface area contributed by atoms with E-state index in [-0.39, 0.29) is 24.9 Å². The van der Waals surface area contributed by atoms with Gasteiger partial charge in [0.1, 0.15) is 23.7 Å². The highest BCUT2D eigenvalue weighted by atomic mass is 31.2. The first-order valence-electron chi connectivity index (χ1n) is 14.2. The van der Waals surface area contributed by atoms with Gasteiger partial charge in [0.2, 0.25) is 13.0 Å². The smallest absolute Gasteiger partial charge is 0.459 e. The number of nitrogens with one attached hydrogen (secondary N) is 2. The number of nitrogens with zero attached hydrogens (tertiary/aromatic N) is 2. The number of carbonyl (C=O) groups excluding carboxylic acids is 1. The van der Waals surface area contributed by atoms with Crippen LogP contribution in [0.1, 0.15) is 32.6 Å². The van der Waals surface area contributed by atoms with Gasteiger partial charge in [-0.3, -0.25) is 13.9 Å². The van der Waals surface area contributed by atoms with Crippen LogP contribution in [0.3, 0.4) is 0 Å². The monoisotopic (exact) mass is 666 g/mol. The van der Waals surface area contributed by atoms with E-state index in [9.17, 15) is 19.3 Å². The average molecular weight is 667 g/mol. The first-order chi connectivity index (χ1) is 21.8. The summed E-state index contributed by atoms with van der Waals surface area (Å²) in [6.45, 7) is 4.10. The van der Waals surface area contributed by atoms with Crippen LogP contribution >= 0.6 is 7.75 Å². The Balaban J connectivity index is 1.26. The molecule has 248 valence electrons. The maximum absolute atomic E-state index is 15.3. The minimum Gasteiger partial charge on any atom is -0.462 e. The van der Waals surface area contributed by atoms with Crippen LogP contribution in [0.2, 0.25) is 0 Å². The molecule has 2 aromatic carbocycles. The van der Waals surface area contributed by atoms with Crippen LogP contribution in [0.4, 0.5) is 14.6 Å². The second-order valence-corrected chi connectivity index (χ2v) is 12.4. The number of fused-ring (bicyclic) bond motifs is 1. The summed E-state index contributed by atoms with van der Waals surface area (Å²) in [6, 6.07) is 13.2. The van der Waals surface area contributed by atoms with Crippen molar-refractivity contribution in [1.29, 1.82) is 0 Å². The lowest BCUT2D eigenvalue weighted by molar-refractivity contribution is -0.149. The summed E-state index contributed by atoms with van der Waals surface area (Å²) in [5.41, 5.74) is -0.285. The number of carbonyl (C=O) groups is 1. The molecule has 2 unspecified atom stereocenters. The topological polar surface area (TPSA) is 169 Å². The van der Waals surface area contributed by atoms with Gasteiger partial charge < -0.3 is 33.9 Å². The number of ether oxygens (including phenoxy) is 4. The van der Waals surface area contributed by atoms with Gasteiger partial charge in [0, 0.05) is 12.7 Å². The number of para-hydroxylation sites is 1. The molecule has 0 aliphatic carbocycles. The molecule has 1 saturated heterocycles. The lowest BCUT2D eigenvalue weighted by atomic mass is 10.1. The van der Waals surface area contributed by atoms with Crippen LogP contribution in [-0.2, 0) is 29.9 Å². The second-order valence-electron chi connectivity index (χ2n) is 10.7. The number of aliphatic hydroxyl groups excluding tert-OH is 1. The van der Waals surface area contributed by atoms with Crippen molar-refractivity contribution in [2.24, 2.45) is 0 Å². The SMILES string of the molecule is CC(C)OC(=O)C(C)NP(=O)(OC[C@H]1O[C@@H](n2ccc(NCc3ccc4c(c3)OCO4)nc2=O)C(F)(F)[C@@H]1O)Oc1ccccc1. The normalized spacial score (nSPS) is 21.8. The fraction of sp³-hybridized carbons (Fsp3) is 0.414. The summed E-state index contributed by atoms with van der Waals surface area (Å²) in [4.78, 5) is 29.0. The van der Waals surface area contributed by atoms with E-state index in [0.29, 0.717) is 16.1 Å². The Labute approximate surface area is 262 Å². The molecule has 2 aliphatic rings. The zero-order valence-electron chi connectivity index (χ0n) is 25.0. The number of rotatable bonds is 13. The van der Waals surface area contributed by atoms with Crippen LogP contribution in [0.15, 0.2) is 65.6 Å². The van der Waals surface area contributed by atoms with E-state index in [2.05, 4.69) is 15.4 Å². The molecule has 5 rings (SSSR count). The van der Waals surface area contributed by atoms with Gasteiger partial charge >= 0.3 is 25.3 Å². The fourth-order valence-electron chi connectivity index (χ4n) is 4.55. The Morgan fingerprint density at radius 1 is 1.15 bits per heavy atom. The van der Waals surface area contributed by atoms with Gasteiger partial charge in [0.05, 0.1) is 12.7 Å². The van der Waals surface area contributed by atoms with Crippen LogP contribution in [0, 0.1) is 0 Å². The van der Waals surface area contributed by atoms with Crippen molar-refractivity contribution in [3.63, 3.8) is 0 Å². The Hall–Kier alpha value is -4.08. The number of benzene rings is 2. The number of anilines is 1. The van der Waals surface area contributed by atoms with Crippen molar-refractivity contribution in [2.75, 3.05) is 18.7 Å². The lowest BCUT2D eigenvalue weighted by Crippen LogP contribution is -2.42. The summed E-state index contributed by atoms with van der Waals surface area (Å²) in [6.07, 6.45) is -5.91. The standard InChI is InChI=1S/C29H33F2N4O10P/c1-17(2)43-26(37)18(3)34-46(39,45-20-7-5-4-6-8-20)42-15-23-25(36)29(30,31)27(44-23)35-12-11-24(33-28(35)38)32-14-19-9-10-21-22(13-19)41-16-40-21/h4-13,17-18,23,25,27,36H,14-16H2,1-3H3,(H,34,39)(H,32,33,38)/t18?,23-,25-,27-,46?/m1/s1. The molecule has 17 heteroatoms. The van der Waals surface area contributed by atoms with Crippen molar-refractivity contribution >= 4 is 19.5 Å². The van der Waals surface area contributed by atoms with Crippen LogP contribution in [0.5, 0.6) is 17.2 Å². The van der Waals surface area contributed by atoms with Gasteiger partial charge in [-0.25, -0.2) is 9.36 Å². The van der Waals surface area contributed by atoms with E-state index in [1.165, 1.54) is 25.1 Å². The quantitative estimate of drug-likeness (QED) is 0.179. The maximum Gasteiger partial charge on any atom is 0.459 e. The Morgan fingerprint density at radius 2 is 1.89 bits per heavy atom. The van der Waals surface area contributed by atoms with E-state index < -0.39 is 62.5 Å². The molecule has 46 heavy (non-hydrogen) atoms. The van der Waals surface area contributed by atoms with Crippen molar-refractivity contribution in [3.8, 4) is 17.2 Å².